The lowest BCUT2D eigenvalue weighted by Gasteiger charge is -2.08. The van der Waals surface area contributed by atoms with Crippen molar-refractivity contribution in [2.24, 2.45) is 5.92 Å². The van der Waals surface area contributed by atoms with Crippen LogP contribution in [-0.4, -0.2) is 16.5 Å². The second-order valence-corrected chi connectivity index (χ2v) is 5.82. The van der Waals surface area contributed by atoms with Gasteiger partial charge in [0.1, 0.15) is 11.6 Å². The van der Waals surface area contributed by atoms with Crippen molar-refractivity contribution in [3.8, 4) is 0 Å². The van der Waals surface area contributed by atoms with Gasteiger partial charge in [0.25, 0.3) is 0 Å². The van der Waals surface area contributed by atoms with Gasteiger partial charge in [0.05, 0.1) is 0 Å². The molecule has 1 heterocycles. The second kappa shape index (κ2) is 7.48. The molecule has 0 aliphatic carbocycles. The molecule has 112 valence electrons. The molecular formula is C16H19ClFN3. The van der Waals surface area contributed by atoms with Crippen LogP contribution in [0.4, 0.5) is 4.39 Å². The van der Waals surface area contributed by atoms with Crippen LogP contribution < -0.4 is 5.32 Å². The number of benzene rings is 1. The van der Waals surface area contributed by atoms with Crippen LogP contribution in [0.1, 0.15) is 30.8 Å². The quantitative estimate of drug-likeness (QED) is 0.886. The first-order valence-electron chi connectivity index (χ1n) is 6.99. The molecule has 0 aliphatic rings. The molecule has 0 aliphatic heterocycles. The van der Waals surface area contributed by atoms with E-state index in [2.05, 4.69) is 29.1 Å². The zero-order valence-electron chi connectivity index (χ0n) is 12.2. The van der Waals surface area contributed by atoms with E-state index in [4.69, 9.17) is 11.6 Å². The van der Waals surface area contributed by atoms with Crippen molar-refractivity contribution in [2.45, 2.75) is 26.8 Å². The minimum absolute atomic E-state index is 0.297. The highest BCUT2D eigenvalue weighted by Crippen LogP contribution is 2.20. The van der Waals surface area contributed by atoms with Crippen LogP contribution in [0.3, 0.4) is 0 Å². The third-order valence-corrected chi connectivity index (χ3v) is 3.39. The van der Waals surface area contributed by atoms with E-state index in [0.717, 1.165) is 18.7 Å². The van der Waals surface area contributed by atoms with Gasteiger partial charge in [0.15, 0.2) is 0 Å². The maximum absolute atomic E-state index is 13.7. The van der Waals surface area contributed by atoms with E-state index in [1.54, 1.807) is 24.5 Å². The largest absolute Gasteiger partial charge is 0.312 e. The lowest BCUT2D eigenvalue weighted by molar-refractivity contribution is 0.551. The third-order valence-electron chi connectivity index (χ3n) is 3.04. The number of hydrogen-bond acceptors (Lipinski definition) is 3. The average Bonchev–Trinajstić information content (AvgIpc) is 2.44. The number of aromatic nitrogens is 2. The van der Waals surface area contributed by atoms with Crippen molar-refractivity contribution in [1.29, 1.82) is 0 Å². The van der Waals surface area contributed by atoms with E-state index in [9.17, 15) is 4.39 Å². The Balaban J connectivity index is 1.99. The molecule has 0 spiro atoms. The van der Waals surface area contributed by atoms with Crippen LogP contribution in [0.2, 0.25) is 5.02 Å². The molecule has 0 unspecified atom stereocenters. The summed E-state index contributed by atoms with van der Waals surface area (Å²) in [5.74, 6) is 0.844. The van der Waals surface area contributed by atoms with Crippen LogP contribution in [0.5, 0.6) is 0 Å². The van der Waals surface area contributed by atoms with Gasteiger partial charge in [-0.25, -0.2) is 14.4 Å². The van der Waals surface area contributed by atoms with Gasteiger partial charge in [0.2, 0.25) is 0 Å². The molecule has 1 N–H and O–H groups in total. The van der Waals surface area contributed by atoms with Gasteiger partial charge in [-0.1, -0.05) is 31.5 Å². The van der Waals surface area contributed by atoms with Gasteiger partial charge in [0, 0.05) is 41.5 Å². The third kappa shape index (κ3) is 4.76. The Labute approximate surface area is 129 Å². The van der Waals surface area contributed by atoms with Gasteiger partial charge in [-0.15, -0.1) is 0 Å². The molecule has 5 heteroatoms. The molecule has 0 atom stereocenters. The van der Waals surface area contributed by atoms with Crippen molar-refractivity contribution < 1.29 is 4.39 Å². The Hall–Kier alpha value is -1.52. The lowest BCUT2D eigenvalue weighted by Crippen LogP contribution is -2.19. The molecule has 0 bridgehead atoms. The second-order valence-electron chi connectivity index (χ2n) is 5.41. The lowest BCUT2D eigenvalue weighted by atomic mass is 10.1. The highest BCUT2D eigenvalue weighted by atomic mass is 35.5. The Morgan fingerprint density at radius 1 is 1.24 bits per heavy atom. The van der Waals surface area contributed by atoms with E-state index in [1.807, 2.05) is 0 Å². The standard InChI is InChI=1S/C16H19ClFN3/c1-11(2)7-19-8-12-9-20-16(21-10-12)6-13-14(17)4-3-5-15(13)18/h3-5,9-11,19H,6-8H2,1-2H3. The fourth-order valence-corrected chi connectivity index (χ4v) is 2.16. The van der Waals surface area contributed by atoms with E-state index >= 15 is 0 Å². The van der Waals surface area contributed by atoms with E-state index in [-0.39, 0.29) is 5.82 Å². The fraction of sp³-hybridized carbons (Fsp3) is 0.375. The summed E-state index contributed by atoms with van der Waals surface area (Å²) in [7, 11) is 0. The van der Waals surface area contributed by atoms with Crippen LogP contribution in [0.15, 0.2) is 30.6 Å². The van der Waals surface area contributed by atoms with Crippen molar-refractivity contribution in [2.75, 3.05) is 6.54 Å². The number of nitrogens with zero attached hydrogens (tertiary/aromatic N) is 2. The number of hydrogen-bond donors (Lipinski definition) is 1. The Bertz CT molecular complexity index is 564. The minimum atomic E-state index is -0.325. The van der Waals surface area contributed by atoms with E-state index < -0.39 is 0 Å². The summed E-state index contributed by atoms with van der Waals surface area (Å²) in [6, 6.07) is 4.65. The Morgan fingerprint density at radius 3 is 2.57 bits per heavy atom. The van der Waals surface area contributed by atoms with Crippen molar-refractivity contribution in [3.63, 3.8) is 0 Å². The van der Waals surface area contributed by atoms with Crippen LogP contribution >= 0.6 is 11.6 Å². The molecule has 21 heavy (non-hydrogen) atoms. The van der Waals surface area contributed by atoms with Gasteiger partial charge in [-0.05, 0) is 24.6 Å². The predicted octanol–water partition coefficient (Wildman–Crippen LogP) is 3.61. The maximum atomic E-state index is 13.7. The number of halogens is 2. The Kier molecular flexibility index (Phi) is 5.65. The summed E-state index contributed by atoms with van der Waals surface area (Å²) in [6.07, 6.45) is 3.83. The molecule has 0 fully saturated rings. The smallest absolute Gasteiger partial charge is 0.132 e. The molecular weight excluding hydrogens is 289 g/mol. The van der Waals surface area contributed by atoms with Crippen LogP contribution in [-0.2, 0) is 13.0 Å². The summed E-state index contributed by atoms with van der Waals surface area (Å²) in [4.78, 5) is 8.56. The predicted molar refractivity (Wildman–Crippen MR) is 82.8 cm³/mol. The van der Waals surface area contributed by atoms with Crippen LogP contribution in [0, 0.1) is 11.7 Å². The first-order chi connectivity index (χ1) is 10.1. The van der Waals surface area contributed by atoms with E-state index in [0.29, 0.717) is 28.7 Å². The van der Waals surface area contributed by atoms with Gasteiger partial charge < -0.3 is 5.32 Å². The summed E-state index contributed by atoms with van der Waals surface area (Å²) < 4.78 is 13.7. The van der Waals surface area contributed by atoms with Crippen molar-refractivity contribution in [1.82, 2.24) is 15.3 Å². The average molecular weight is 308 g/mol. The van der Waals surface area contributed by atoms with Gasteiger partial charge in [-0.2, -0.15) is 0 Å². The minimum Gasteiger partial charge on any atom is -0.312 e. The zero-order chi connectivity index (χ0) is 15.2. The fourth-order valence-electron chi connectivity index (χ4n) is 1.93. The SMILES string of the molecule is CC(C)CNCc1cnc(Cc2c(F)cccc2Cl)nc1. The summed E-state index contributed by atoms with van der Waals surface area (Å²) in [5, 5.41) is 3.73. The van der Waals surface area contributed by atoms with Crippen LogP contribution in [0.25, 0.3) is 0 Å². The Morgan fingerprint density at radius 2 is 1.95 bits per heavy atom. The van der Waals surface area contributed by atoms with Gasteiger partial charge >= 0.3 is 0 Å². The molecule has 3 nitrogen and oxygen atoms in total. The molecule has 1 aromatic heterocycles. The summed E-state index contributed by atoms with van der Waals surface area (Å²) in [5.41, 5.74) is 1.45. The molecule has 0 amide bonds. The number of nitrogens with one attached hydrogen (secondary N) is 1. The van der Waals surface area contributed by atoms with E-state index in [1.165, 1.54) is 6.07 Å². The molecule has 0 radical (unpaired) electrons. The zero-order valence-corrected chi connectivity index (χ0v) is 13.0. The molecule has 1 aromatic carbocycles. The first kappa shape index (κ1) is 15.9. The summed E-state index contributed by atoms with van der Waals surface area (Å²) >= 11 is 6.00. The number of rotatable bonds is 6. The first-order valence-corrected chi connectivity index (χ1v) is 7.37. The van der Waals surface area contributed by atoms with Gasteiger partial charge in [-0.3, -0.25) is 0 Å². The van der Waals surface area contributed by atoms with Crippen molar-refractivity contribution >= 4 is 11.6 Å². The molecule has 0 saturated heterocycles. The topological polar surface area (TPSA) is 37.8 Å². The summed E-state index contributed by atoms with van der Waals surface area (Å²) in [6.45, 7) is 6.00. The molecule has 2 rings (SSSR count). The monoisotopic (exact) mass is 307 g/mol. The highest BCUT2D eigenvalue weighted by molar-refractivity contribution is 6.31. The normalized spacial score (nSPS) is 11.1. The van der Waals surface area contributed by atoms with Crippen molar-refractivity contribution in [3.05, 3.63) is 58.4 Å². The highest BCUT2D eigenvalue weighted by Gasteiger charge is 2.09. The molecule has 2 aromatic rings. The molecule has 0 saturated carbocycles. The maximum Gasteiger partial charge on any atom is 0.132 e.